The van der Waals surface area contributed by atoms with Gasteiger partial charge in [-0.3, -0.25) is 4.79 Å². The number of ether oxygens (including phenoxy) is 1. The summed E-state index contributed by atoms with van der Waals surface area (Å²) in [6, 6.07) is 5.65. The number of carbonyl (C=O) groups excluding carboxylic acids is 1. The Morgan fingerprint density at radius 1 is 1.18 bits per heavy atom. The summed E-state index contributed by atoms with van der Waals surface area (Å²) < 4.78 is 7.92. The molecule has 0 saturated heterocycles. The van der Waals surface area contributed by atoms with Gasteiger partial charge in [0.15, 0.2) is 0 Å². The molecule has 5 rings (SSSR count). The fourth-order valence-electron chi connectivity index (χ4n) is 5.80. The monoisotopic (exact) mass is 478 g/mol. The molecular formula is C27H38N4O2Si. The normalized spacial score (nSPS) is 17.1. The standard InChI is InChI=1S/C27H38N4O2Si/c1-7-27(8-2)21-15-22-20(14-23(21)30(3)26(27)32)19-11-9-10-18-16-31(29-24(18)25(19)28-22)17-33-12-13-34(4,5)6/h14-16,28H,7-13,17H2,1-6H3. The Labute approximate surface area is 203 Å². The number of hydrogen-bond donors (Lipinski definition) is 1. The predicted molar refractivity (Wildman–Crippen MR) is 141 cm³/mol. The lowest BCUT2D eigenvalue weighted by Crippen LogP contribution is -2.37. The third-order valence-corrected chi connectivity index (χ3v) is 9.69. The van der Waals surface area contributed by atoms with Crippen LogP contribution in [0.1, 0.15) is 49.8 Å². The van der Waals surface area contributed by atoms with E-state index in [1.54, 1.807) is 0 Å². The van der Waals surface area contributed by atoms with Crippen molar-refractivity contribution in [2.24, 2.45) is 0 Å². The number of hydrogen-bond acceptors (Lipinski definition) is 3. The van der Waals surface area contributed by atoms with Crippen LogP contribution < -0.4 is 4.90 Å². The molecule has 182 valence electrons. The van der Waals surface area contributed by atoms with Crippen LogP contribution in [-0.2, 0) is 34.5 Å². The Morgan fingerprint density at radius 3 is 2.65 bits per heavy atom. The SMILES string of the molecule is CCC1(CC)C(=O)N(C)c2cc3c4c([nH]c3cc21)-c1nn(COCC[Si](C)(C)C)cc1CCC4. The Kier molecular flexibility index (Phi) is 5.76. The van der Waals surface area contributed by atoms with E-state index in [9.17, 15) is 4.79 Å². The summed E-state index contributed by atoms with van der Waals surface area (Å²) >= 11 is 0. The van der Waals surface area contributed by atoms with Crippen molar-refractivity contribution in [1.29, 1.82) is 0 Å². The van der Waals surface area contributed by atoms with Crippen molar-refractivity contribution in [2.45, 2.75) is 83.8 Å². The van der Waals surface area contributed by atoms with Gasteiger partial charge in [-0.2, -0.15) is 5.10 Å². The van der Waals surface area contributed by atoms with Crippen molar-refractivity contribution < 1.29 is 9.53 Å². The second kappa shape index (κ2) is 8.38. The van der Waals surface area contributed by atoms with Gasteiger partial charge in [0.05, 0.1) is 11.1 Å². The van der Waals surface area contributed by atoms with E-state index in [1.165, 1.54) is 22.6 Å². The van der Waals surface area contributed by atoms with E-state index in [4.69, 9.17) is 9.84 Å². The van der Waals surface area contributed by atoms with Crippen LogP contribution in [0.3, 0.4) is 0 Å². The minimum Gasteiger partial charge on any atom is -0.360 e. The summed E-state index contributed by atoms with van der Waals surface area (Å²) in [6.45, 7) is 12.7. The highest BCUT2D eigenvalue weighted by Crippen LogP contribution is 2.48. The second-order valence-corrected chi connectivity index (χ2v) is 16.9. The molecule has 0 radical (unpaired) electrons. The van der Waals surface area contributed by atoms with Gasteiger partial charge in [-0.05, 0) is 67.0 Å². The molecule has 1 N–H and O–H groups in total. The fourth-order valence-corrected chi connectivity index (χ4v) is 6.56. The molecule has 2 aromatic heterocycles. The summed E-state index contributed by atoms with van der Waals surface area (Å²) in [4.78, 5) is 18.8. The van der Waals surface area contributed by atoms with Gasteiger partial charge in [-0.15, -0.1) is 0 Å². The van der Waals surface area contributed by atoms with Gasteiger partial charge in [0.1, 0.15) is 12.4 Å². The first-order valence-electron chi connectivity index (χ1n) is 12.8. The lowest BCUT2D eigenvalue weighted by molar-refractivity contribution is -0.123. The Balaban J connectivity index is 1.52. The van der Waals surface area contributed by atoms with Gasteiger partial charge in [0.25, 0.3) is 0 Å². The number of benzene rings is 1. The molecule has 1 aromatic carbocycles. The number of aromatic amines is 1. The number of aryl methyl sites for hydroxylation is 2. The summed E-state index contributed by atoms with van der Waals surface area (Å²) in [5, 5.41) is 6.18. The van der Waals surface area contributed by atoms with Crippen LogP contribution in [-0.4, -0.2) is 42.4 Å². The highest BCUT2D eigenvalue weighted by Gasteiger charge is 2.47. The Bertz CT molecular complexity index is 1250. The molecule has 0 bridgehead atoms. The van der Waals surface area contributed by atoms with Gasteiger partial charge in [0.2, 0.25) is 5.91 Å². The van der Waals surface area contributed by atoms with E-state index in [0.717, 1.165) is 66.9 Å². The molecule has 0 fully saturated rings. The van der Waals surface area contributed by atoms with E-state index < -0.39 is 13.5 Å². The summed E-state index contributed by atoms with van der Waals surface area (Å²) in [5.41, 5.74) is 7.74. The van der Waals surface area contributed by atoms with Gasteiger partial charge < -0.3 is 14.6 Å². The first-order valence-corrected chi connectivity index (χ1v) is 16.5. The van der Waals surface area contributed by atoms with Gasteiger partial charge >= 0.3 is 0 Å². The predicted octanol–water partition coefficient (Wildman–Crippen LogP) is 5.87. The number of anilines is 1. The molecule has 1 amide bonds. The number of amides is 1. The fraction of sp³-hybridized carbons (Fsp3) is 0.556. The molecule has 3 aromatic rings. The summed E-state index contributed by atoms with van der Waals surface area (Å²) in [7, 11) is 0.829. The number of rotatable bonds is 7. The highest BCUT2D eigenvalue weighted by molar-refractivity contribution is 6.76. The molecule has 0 saturated carbocycles. The zero-order valence-electron chi connectivity index (χ0n) is 21.5. The lowest BCUT2D eigenvalue weighted by atomic mass is 9.76. The minimum atomic E-state index is -1.10. The molecule has 0 atom stereocenters. The third-order valence-electron chi connectivity index (χ3n) is 7.99. The van der Waals surface area contributed by atoms with Gasteiger partial charge in [-0.25, -0.2) is 4.68 Å². The summed E-state index contributed by atoms with van der Waals surface area (Å²) in [6.07, 6.45) is 6.93. The van der Waals surface area contributed by atoms with Gasteiger partial charge in [-0.1, -0.05) is 33.5 Å². The smallest absolute Gasteiger partial charge is 0.237 e. The molecular weight excluding hydrogens is 440 g/mol. The largest absolute Gasteiger partial charge is 0.360 e. The number of nitrogens with one attached hydrogen (secondary N) is 1. The Morgan fingerprint density at radius 2 is 1.94 bits per heavy atom. The molecule has 0 spiro atoms. The number of aromatic nitrogens is 3. The summed E-state index contributed by atoms with van der Waals surface area (Å²) in [5.74, 6) is 0.224. The van der Waals surface area contributed by atoms with Crippen LogP contribution in [0.4, 0.5) is 5.69 Å². The van der Waals surface area contributed by atoms with Crippen molar-refractivity contribution >= 4 is 30.6 Å². The second-order valence-electron chi connectivity index (χ2n) is 11.3. The van der Waals surface area contributed by atoms with E-state index in [-0.39, 0.29) is 5.91 Å². The number of fused-ring (bicyclic) bond motifs is 6. The zero-order valence-corrected chi connectivity index (χ0v) is 22.5. The van der Waals surface area contributed by atoms with Crippen LogP contribution in [0.15, 0.2) is 18.3 Å². The number of H-pyrrole nitrogens is 1. The quantitative estimate of drug-likeness (QED) is 0.341. The number of nitrogens with zero attached hydrogens (tertiary/aromatic N) is 3. The average molecular weight is 479 g/mol. The highest BCUT2D eigenvalue weighted by atomic mass is 28.3. The van der Waals surface area contributed by atoms with Crippen molar-refractivity contribution in [2.75, 3.05) is 18.6 Å². The maximum absolute atomic E-state index is 13.2. The Hall–Kier alpha value is -2.38. The number of likely N-dealkylation sites (N-methyl/N-ethyl adjacent to an activating group) is 1. The third kappa shape index (κ3) is 3.64. The zero-order chi connectivity index (χ0) is 24.3. The lowest BCUT2D eigenvalue weighted by Gasteiger charge is -2.24. The van der Waals surface area contributed by atoms with Crippen molar-refractivity contribution in [3.05, 3.63) is 35.0 Å². The first kappa shape index (κ1) is 23.4. The van der Waals surface area contributed by atoms with Crippen LogP contribution in [0, 0.1) is 0 Å². The van der Waals surface area contributed by atoms with Crippen LogP contribution in [0.2, 0.25) is 25.7 Å². The van der Waals surface area contributed by atoms with E-state index in [2.05, 4.69) is 56.8 Å². The molecule has 3 heterocycles. The topological polar surface area (TPSA) is 63.2 Å². The minimum absolute atomic E-state index is 0.224. The van der Waals surface area contributed by atoms with E-state index >= 15 is 0 Å². The van der Waals surface area contributed by atoms with E-state index in [1.807, 2.05) is 16.6 Å². The van der Waals surface area contributed by atoms with E-state index in [0.29, 0.717) is 6.73 Å². The molecule has 1 aliphatic carbocycles. The van der Waals surface area contributed by atoms with Crippen LogP contribution in [0.5, 0.6) is 0 Å². The number of carbonyl (C=O) groups is 1. The average Bonchev–Trinajstić information content (AvgIpc) is 3.38. The van der Waals surface area contributed by atoms with Crippen molar-refractivity contribution in [3.63, 3.8) is 0 Å². The molecule has 7 heteroatoms. The van der Waals surface area contributed by atoms with Crippen LogP contribution in [0.25, 0.3) is 22.3 Å². The molecule has 34 heavy (non-hydrogen) atoms. The molecule has 2 aliphatic rings. The van der Waals surface area contributed by atoms with Crippen molar-refractivity contribution in [1.82, 2.24) is 14.8 Å². The van der Waals surface area contributed by atoms with Crippen LogP contribution >= 0.6 is 0 Å². The van der Waals surface area contributed by atoms with Gasteiger partial charge in [0, 0.05) is 44.5 Å². The maximum Gasteiger partial charge on any atom is 0.237 e. The maximum atomic E-state index is 13.2. The van der Waals surface area contributed by atoms with Crippen molar-refractivity contribution in [3.8, 4) is 11.4 Å². The first-order chi connectivity index (χ1) is 16.2. The molecule has 1 aliphatic heterocycles. The molecule has 6 nitrogen and oxygen atoms in total. The molecule has 0 unspecified atom stereocenters.